The molecule has 0 unspecified atom stereocenters. The Kier molecular flexibility index (Phi) is 7.03. The van der Waals surface area contributed by atoms with E-state index in [1.165, 1.54) is 0 Å². The summed E-state index contributed by atoms with van der Waals surface area (Å²) in [5.41, 5.74) is 2.21. The van der Waals surface area contributed by atoms with Crippen molar-refractivity contribution in [1.29, 1.82) is 0 Å². The van der Waals surface area contributed by atoms with E-state index in [4.69, 9.17) is 4.74 Å². The summed E-state index contributed by atoms with van der Waals surface area (Å²) in [6.07, 6.45) is 4.75. The number of hydrogen-bond donors (Lipinski definition) is 1. The zero-order valence-corrected chi connectivity index (χ0v) is 17.9. The van der Waals surface area contributed by atoms with Crippen LogP contribution in [0.2, 0.25) is 0 Å². The Morgan fingerprint density at radius 3 is 1.90 bits per heavy atom. The van der Waals surface area contributed by atoms with Gasteiger partial charge in [0.05, 0.1) is 12.1 Å². The molecule has 2 fully saturated rings. The maximum Gasteiger partial charge on any atom is 0.318 e. The lowest BCUT2D eigenvalue weighted by atomic mass is 9.98. The smallest absolute Gasteiger partial charge is 0.318 e. The first-order valence-corrected chi connectivity index (χ1v) is 11.2. The number of nitrogens with zero attached hydrogens (tertiary/aromatic N) is 2. The van der Waals surface area contributed by atoms with Crippen LogP contribution in [0.4, 0.5) is 4.79 Å². The van der Waals surface area contributed by atoms with E-state index in [1.54, 1.807) is 0 Å². The Balaban J connectivity index is 1.35. The van der Waals surface area contributed by atoms with Crippen molar-refractivity contribution in [2.45, 2.75) is 43.9 Å². The predicted molar refractivity (Wildman–Crippen MR) is 119 cm³/mol. The number of hydrogen-bond acceptors (Lipinski definition) is 3. The van der Waals surface area contributed by atoms with E-state index in [9.17, 15) is 4.79 Å². The monoisotopic (exact) mass is 407 g/mol. The summed E-state index contributed by atoms with van der Waals surface area (Å²) in [4.78, 5) is 17.7. The van der Waals surface area contributed by atoms with Gasteiger partial charge in [-0.1, -0.05) is 60.7 Å². The summed E-state index contributed by atoms with van der Waals surface area (Å²) in [7, 11) is 1.82. The molecular formula is C25H33N3O2. The summed E-state index contributed by atoms with van der Waals surface area (Å²) in [5.74, 6) is 0. The van der Waals surface area contributed by atoms with Crippen LogP contribution in [0.3, 0.4) is 0 Å². The van der Waals surface area contributed by atoms with Gasteiger partial charge in [0.2, 0.25) is 0 Å². The van der Waals surface area contributed by atoms with Crippen LogP contribution in [0.15, 0.2) is 60.7 Å². The molecule has 2 aliphatic rings. The molecule has 0 aromatic heterocycles. The molecule has 5 nitrogen and oxygen atoms in total. The molecule has 0 bridgehead atoms. The third-order valence-corrected chi connectivity index (χ3v) is 6.61. The van der Waals surface area contributed by atoms with Gasteiger partial charge >= 0.3 is 6.03 Å². The minimum atomic E-state index is -0.134. The van der Waals surface area contributed by atoms with Crippen molar-refractivity contribution in [3.05, 3.63) is 71.8 Å². The number of amides is 2. The standard InChI is InChI=1S/C25H33N3O2/c1-30-23-14-18-27(19-15-23)22-12-16-28(17-13-22)25(29)26-24(20-8-4-2-5-9-20)21-10-6-3-7-11-21/h2-11,22-24H,12-19H2,1H3,(H,26,29). The molecule has 0 radical (unpaired) electrons. The number of rotatable bonds is 5. The van der Waals surface area contributed by atoms with Crippen LogP contribution in [0.25, 0.3) is 0 Å². The van der Waals surface area contributed by atoms with Gasteiger partial charge < -0.3 is 19.9 Å². The third-order valence-electron chi connectivity index (χ3n) is 6.61. The molecule has 0 saturated carbocycles. The van der Waals surface area contributed by atoms with Gasteiger partial charge in [0.25, 0.3) is 0 Å². The third kappa shape index (κ3) is 5.02. The number of piperidine rings is 2. The molecule has 0 atom stereocenters. The van der Waals surface area contributed by atoms with Crippen molar-refractivity contribution in [3.63, 3.8) is 0 Å². The van der Waals surface area contributed by atoms with E-state index in [1.807, 2.05) is 48.4 Å². The largest absolute Gasteiger partial charge is 0.381 e. The van der Waals surface area contributed by atoms with Crippen molar-refractivity contribution >= 4 is 6.03 Å². The second kappa shape index (κ2) is 10.1. The van der Waals surface area contributed by atoms with Crippen molar-refractivity contribution in [3.8, 4) is 0 Å². The fourth-order valence-electron chi connectivity index (χ4n) is 4.78. The quantitative estimate of drug-likeness (QED) is 0.813. The van der Waals surface area contributed by atoms with Crippen LogP contribution in [-0.2, 0) is 4.74 Å². The molecule has 2 heterocycles. The maximum atomic E-state index is 13.1. The number of benzene rings is 2. The van der Waals surface area contributed by atoms with Gasteiger partial charge in [0, 0.05) is 39.3 Å². The van der Waals surface area contributed by atoms with Crippen LogP contribution in [0.5, 0.6) is 0 Å². The molecule has 4 rings (SSSR count). The SMILES string of the molecule is COC1CCN(C2CCN(C(=O)NC(c3ccccc3)c3ccccc3)CC2)CC1. The average molecular weight is 408 g/mol. The molecule has 5 heteroatoms. The number of ether oxygens (including phenoxy) is 1. The fraction of sp³-hybridized carbons (Fsp3) is 0.480. The van der Waals surface area contributed by atoms with Gasteiger partial charge in [-0.05, 0) is 36.8 Å². The Bertz CT molecular complexity index is 743. The molecule has 160 valence electrons. The number of carbonyl (C=O) groups excluding carboxylic acids is 1. The van der Waals surface area contributed by atoms with Crippen molar-refractivity contribution in [2.24, 2.45) is 0 Å². The van der Waals surface area contributed by atoms with Crippen molar-refractivity contribution in [1.82, 2.24) is 15.1 Å². The van der Waals surface area contributed by atoms with Crippen LogP contribution in [-0.4, -0.2) is 61.3 Å². The fourth-order valence-corrected chi connectivity index (χ4v) is 4.78. The summed E-state index contributed by atoms with van der Waals surface area (Å²) in [5, 5.41) is 3.28. The molecule has 30 heavy (non-hydrogen) atoms. The first kappa shape index (κ1) is 20.9. The van der Waals surface area contributed by atoms with Gasteiger partial charge in [-0.2, -0.15) is 0 Å². The van der Waals surface area contributed by atoms with Gasteiger partial charge in [0.15, 0.2) is 0 Å². The number of nitrogens with one attached hydrogen (secondary N) is 1. The lowest BCUT2D eigenvalue weighted by Gasteiger charge is -2.41. The second-order valence-electron chi connectivity index (χ2n) is 8.39. The number of methoxy groups -OCH3 is 1. The highest BCUT2D eigenvalue weighted by Gasteiger charge is 2.30. The van der Waals surface area contributed by atoms with Gasteiger partial charge in [-0.25, -0.2) is 4.79 Å². The first-order valence-electron chi connectivity index (χ1n) is 11.2. The molecule has 0 spiro atoms. The Morgan fingerprint density at radius 2 is 1.40 bits per heavy atom. The van der Waals surface area contributed by atoms with E-state index < -0.39 is 0 Å². The summed E-state index contributed by atoms with van der Waals surface area (Å²) in [6, 6.07) is 20.9. The van der Waals surface area contributed by atoms with Crippen molar-refractivity contribution < 1.29 is 9.53 Å². The number of urea groups is 1. The highest BCUT2D eigenvalue weighted by atomic mass is 16.5. The van der Waals surface area contributed by atoms with E-state index in [0.717, 1.165) is 63.0 Å². The molecule has 1 N–H and O–H groups in total. The first-order chi connectivity index (χ1) is 14.7. The van der Waals surface area contributed by atoms with Crippen molar-refractivity contribution in [2.75, 3.05) is 33.3 Å². The Labute approximate surface area is 180 Å². The minimum absolute atomic E-state index is 0.0317. The lowest BCUT2D eigenvalue weighted by molar-refractivity contribution is 0.0169. The molecule has 2 amide bonds. The maximum absolute atomic E-state index is 13.1. The normalized spacial score (nSPS) is 19.2. The highest BCUT2D eigenvalue weighted by molar-refractivity contribution is 5.75. The zero-order chi connectivity index (χ0) is 20.8. The van der Waals surface area contributed by atoms with Crippen LogP contribution in [0.1, 0.15) is 42.9 Å². The number of likely N-dealkylation sites (tertiary alicyclic amines) is 2. The van der Waals surface area contributed by atoms with E-state index in [0.29, 0.717) is 12.1 Å². The summed E-state index contributed by atoms with van der Waals surface area (Å²) < 4.78 is 5.50. The second-order valence-corrected chi connectivity index (χ2v) is 8.39. The minimum Gasteiger partial charge on any atom is -0.381 e. The molecule has 0 aliphatic carbocycles. The number of carbonyl (C=O) groups is 1. The zero-order valence-electron chi connectivity index (χ0n) is 17.9. The molecular weight excluding hydrogens is 374 g/mol. The highest BCUT2D eigenvalue weighted by Crippen LogP contribution is 2.24. The predicted octanol–water partition coefficient (Wildman–Crippen LogP) is 4.06. The molecule has 2 saturated heterocycles. The topological polar surface area (TPSA) is 44.8 Å². The van der Waals surface area contributed by atoms with Gasteiger partial charge in [-0.15, -0.1) is 0 Å². The van der Waals surface area contributed by atoms with Gasteiger partial charge in [0.1, 0.15) is 0 Å². The molecule has 2 aliphatic heterocycles. The van der Waals surface area contributed by atoms with E-state index >= 15 is 0 Å². The summed E-state index contributed by atoms with van der Waals surface area (Å²) in [6.45, 7) is 3.85. The van der Waals surface area contributed by atoms with Crippen LogP contribution >= 0.6 is 0 Å². The average Bonchev–Trinajstić information content (AvgIpc) is 2.83. The van der Waals surface area contributed by atoms with E-state index in [2.05, 4.69) is 34.5 Å². The molecule has 2 aromatic carbocycles. The van der Waals surface area contributed by atoms with Gasteiger partial charge in [-0.3, -0.25) is 0 Å². The van der Waals surface area contributed by atoms with Crippen LogP contribution in [0, 0.1) is 0 Å². The lowest BCUT2D eigenvalue weighted by Crippen LogP contribution is -2.52. The molecule has 2 aromatic rings. The van der Waals surface area contributed by atoms with E-state index in [-0.39, 0.29) is 12.1 Å². The van der Waals surface area contributed by atoms with Crippen LogP contribution < -0.4 is 5.32 Å². The Morgan fingerprint density at radius 1 is 0.867 bits per heavy atom. The Hall–Kier alpha value is -2.37. The summed E-state index contributed by atoms with van der Waals surface area (Å²) >= 11 is 0.